The van der Waals surface area contributed by atoms with E-state index in [1.807, 2.05) is 29.9 Å². The van der Waals surface area contributed by atoms with Crippen molar-refractivity contribution in [1.82, 2.24) is 29.8 Å². The van der Waals surface area contributed by atoms with Crippen LogP contribution in [0.25, 0.3) is 0 Å². The van der Waals surface area contributed by atoms with Gasteiger partial charge in [-0.05, 0) is 38.3 Å². The molecule has 0 radical (unpaired) electrons. The summed E-state index contributed by atoms with van der Waals surface area (Å²) in [6.07, 6.45) is 9.89. The van der Waals surface area contributed by atoms with Crippen LogP contribution >= 0.6 is 0 Å². The number of nitrogens with zero attached hydrogens (tertiary/aromatic N) is 5. The summed E-state index contributed by atoms with van der Waals surface area (Å²) < 4.78 is 1.87. The topological polar surface area (TPSA) is 70.1 Å². The highest BCUT2D eigenvalue weighted by Crippen LogP contribution is 2.36. The fraction of sp³-hybridized carbons (Fsp3) is 0.650. The number of carbonyl (C=O) groups excluding carboxylic acids is 1. The highest BCUT2D eigenvalue weighted by Gasteiger charge is 2.34. The van der Waals surface area contributed by atoms with Crippen LogP contribution in [0.1, 0.15) is 60.8 Å². The highest BCUT2D eigenvalue weighted by atomic mass is 16.2. The monoisotopic (exact) mass is 372 g/mol. The van der Waals surface area contributed by atoms with E-state index in [4.69, 9.17) is 0 Å². The van der Waals surface area contributed by atoms with E-state index in [0.717, 1.165) is 44.6 Å². The number of nitrogens with one attached hydrogen (secondary N) is 1. The number of aromatic amines is 1. The zero-order valence-corrected chi connectivity index (χ0v) is 17.0. The van der Waals surface area contributed by atoms with E-state index in [2.05, 4.69) is 40.2 Å². The van der Waals surface area contributed by atoms with Gasteiger partial charge in [0.25, 0.3) is 5.91 Å². The molecule has 0 saturated carbocycles. The Labute approximate surface area is 161 Å². The molecule has 0 aromatic carbocycles. The third kappa shape index (κ3) is 4.24. The highest BCUT2D eigenvalue weighted by molar-refractivity contribution is 5.94. The molecule has 1 aliphatic rings. The van der Waals surface area contributed by atoms with Gasteiger partial charge in [-0.3, -0.25) is 19.5 Å². The normalized spacial score (nSPS) is 20.7. The van der Waals surface area contributed by atoms with Gasteiger partial charge in [-0.25, -0.2) is 0 Å². The Hall–Kier alpha value is -2.15. The lowest BCUT2D eigenvalue weighted by atomic mass is 9.85. The lowest BCUT2D eigenvalue weighted by molar-refractivity contribution is 0.0588. The van der Waals surface area contributed by atoms with E-state index in [1.165, 1.54) is 12.0 Å². The number of amides is 1. The van der Waals surface area contributed by atoms with Gasteiger partial charge in [-0.15, -0.1) is 0 Å². The number of rotatable bonds is 7. The van der Waals surface area contributed by atoms with Crippen molar-refractivity contribution in [3.8, 4) is 0 Å². The molecular weight excluding hydrogens is 340 g/mol. The second kappa shape index (κ2) is 8.69. The molecule has 148 valence electrons. The largest absolute Gasteiger partial charge is 0.341 e. The first kappa shape index (κ1) is 19.6. The van der Waals surface area contributed by atoms with Crippen LogP contribution in [-0.4, -0.2) is 62.4 Å². The summed E-state index contributed by atoms with van der Waals surface area (Å²) in [5.74, 6) is 0.462. The molecule has 3 heterocycles. The molecule has 7 nitrogen and oxygen atoms in total. The molecule has 1 fully saturated rings. The van der Waals surface area contributed by atoms with Crippen LogP contribution in [0.2, 0.25) is 0 Å². The third-order valence-corrected chi connectivity index (χ3v) is 5.64. The van der Waals surface area contributed by atoms with Crippen LogP contribution in [0.3, 0.4) is 0 Å². The van der Waals surface area contributed by atoms with Crippen LogP contribution in [0.4, 0.5) is 0 Å². The fourth-order valence-electron chi connectivity index (χ4n) is 4.35. The van der Waals surface area contributed by atoms with Crippen molar-refractivity contribution in [2.75, 3.05) is 26.7 Å². The average Bonchev–Trinajstić information content (AvgIpc) is 3.30. The van der Waals surface area contributed by atoms with Crippen molar-refractivity contribution in [1.29, 1.82) is 0 Å². The molecule has 2 aromatic rings. The van der Waals surface area contributed by atoms with Crippen LogP contribution < -0.4 is 0 Å². The molecule has 0 unspecified atom stereocenters. The molecular formula is C20H32N6O. The maximum Gasteiger partial charge on any atom is 0.257 e. The molecule has 1 aliphatic heterocycles. The SMILES string of the molecule is CCCc1[nH]ncc1C(=O)N(C)C[C@@H]1CCCN(CC)[C@H]1c1cnn(C)c1. The Morgan fingerprint density at radius 3 is 2.85 bits per heavy atom. The lowest BCUT2D eigenvalue weighted by Gasteiger charge is -2.42. The summed E-state index contributed by atoms with van der Waals surface area (Å²) in [5, 5.41) is 11.5. The second-order valence-electron chi connectivity index (χ2n) is 7.62. The molecule has 7 heteroatoms. The van der Waals surface area contributed by atoms with Crippen LogP contribution in [0.15, 0.2) is 18.6 Å². The quantitative estimate of drug-likeness (QED) is 0.811. The maximum atomic E-state index is 13.0. The summed E-state index contributed by atoms with van der Waals surface area (Å²) in [4.78, 5) is 17.4. The Kier molecular flexibility index (Phi) is 6.31. The number of aryl methyl sites for hydroxylation is 2. The van der Waals surface area contributed by atoms with Crippen molar-refractivity contribution in [3.63, 3.8) is 0 Å². The molecule has 1 amide bonds. The summed E-state index contributed by atoms with van der Waals surface area (Å²) >= 11 is 0. The molecule has 0 spiro atoms. The van der Waals surface area contributed by atoms with Gasteiger partial charge < -0.3 is 4.90 Å². The van der Waals surface area contributed by atoms with Crippen molar-refractivity contribution in [3.05, 3.63) is 35.4 Å². The predicted octanol–water partition coefficient (Wildman–Crippen LogP) is 2.64. The van der Waals surface area contributed by atoms with Crippen LogP contribution in [0.5, 0.6) is 0 Å². The number of hydrogen-bond acceptors (Lipinski definition) is 4. The van der Waals surface area contributed by atoms with Gasteiger partial charge in [0.1, 0.15) is 0 Å². The van der Waals surface area contributed by atoms with Crippen molar-refractivity contribution in [2.24, 2.45) is 13.0 Å². The summed E-state index contributed by atoms with van der Waals surface area (Å²) in [6, 6.07) is 0.312. The van der Waals surface area contributed by atoms with Gasteiger partial charge in [0.15, 0.2) is 0 Å². The molecule has 0 aliphatic carbocycles. The molecule has 2 atom stereocenters. The van der Waals surface area contributed by atoms with E-state index in [-0.39, 0.29) is 5.91 Å². The number of piperidine rings is 1. The third-order valence-electron chi connectivity index (χ3n) is 5.64. The lowest BCUT2D eigenvalue weighted by Crippen LogP contribution is -2.44. The van der Waals surface area contributed by atoms with E-state index < -0.39 is 0 Å². The minimum Gasteiger partial charge on any atom is -0.341 e. The van der Waals surface area contributed by atoms with E-state index in [9.17, 15) is 4.79 Å². The number of aromatic nitrogens is 4. The number of H-pyrrole nitrogens is 1. The molecule has 0 bridgehead atoms. The zero-order valence-electron chi connectivity index (χ0n) is 17.0. The van der Waals surface area contributed by atoms with Gasteiger partial charge in [0, 0.05) is 44.1 Å². The van der Waals surface area contributed by atoms with Crippen LogP contribution in [0, 0.1) is 5.92 Å². The van der Waals surface area contributed by atoms with Gasteiger partial charge in [0.2, 0.25) is 0 Å². The van der Waals surface area contributed by atoms with Crippen molar-refractivity contribution >= 4 is 5.91 Å². The Morgan fingerprint density at radius 2 is 2.19 bits per heavy atom. The van der Waals surface area contributed by atoms with Crippen molar-refractivity contribution < 1.29 is 4.79 Å². The zero-order chi connectivity index (χ0) is 19.4. The Balaban J connectivity index is 1.77. The van der Waals surface area contributed by atoms with Crippen molar-refractivity contribution in [2.45, 2.75) is 45.6 Å². The Bertz CT molecular complexity index is 751. The van der Waals surface area contributed by atoms with Gasteiger partial charge in [0.05, 0.1) is 18.0 Å². The molecule has 27 heavy (non-hydrogen) atoms. The molecule has 1 N–H and O–H groups in total. The second-order valence-corrected chi connectivity index (χ2v) is 7.62. The predicted molar refractivity (Wildman–Crippen MR) is 105 cm³/mol. The van der Waals surface area contributed by atoms with E-state index in [0.29, 0.717) is 17.5 Å². The summed E-state index contributed by atoms with van der Waals surface area (Å²) in [6.45, 7) is 7.18. The summed E-state index contributed by atoms with van der Waals surface area (Å²) in [5.41, 5.74) is 2.90. The molecule has 2 aromatic heterocycles. The first-order valence-corrected chi connectivity index (χ1v) is 10.0. The van der Waals surface area contributed by atoms with E-state index in [1.54, 1.807) is 6.20 Å². The minimum absolute atomic E-state index is 0.0609. The number of likely N-dealkylation sites (tertiary alicyclic amines) is 1. The Morgan fingerprint density at radius 1 is 1.37 bits per heavy atom. The van der Waals surface area contributed by atoms with Crippen LogP contribution in [-0.2, 0) is 13.5 Å². The van der Waals surface area contributed by atoms with E-state index >= 15 is 0 Å². The maximum absolute atomic E-state index is 13.0. The standard InChI is InChI=1S/C20H32N6O/c1-5-8-18-17(12-21-23-18)20(27)24(3)13-15-9-7-10-26(6-2)19(15)16-11-22-25(4)14-16/h11-12,14-15,19H,5-10,13H2,1-4H3,(H,21,23)/t15-,19+/m0/s1. The van der Waals surface area contributed by atoms with Gasteiger partial charge >= 0.3 is 0 Å². The fourth-order valence-corrected chi connectivity index (χ4v) is 4.35. The number of hydrogen-bond donors (Lipinski definition) is 1. The smallest absolute Gasteiger partial charge is 0.257 e. The minimum atomic E-state index is 0.0609. The first-order chi connectivity index (χ1) is 13.0. The molecule has 1 saturated heterocycles. The van der Waals surface area contributed by atoms with Gasteiger partial charge in [-0.1, -0.05) is 20.3 Å². The summed E-state index contributed by atoms with van der Waals surface area (Å²) in [7, 11) is 3.87. The number of carbonyl (C=O) groups is 1. The molecule has 3 rings (SSSR count). The average molecular weight is 373 g/mol. The van der Waals surface area contributed by atoms with Gasteiger partial charge in [-0.2, -0.15) is 10.2 Å². The first-order valence-electron chi connectivity index (χ1n) is 10.0.